The van der Waals surface area contributed by atoms with Crippen molar-refractivity contribution in [2.24, 2.45) is 0 Å². The smallest absolute Gasteiger partial charge is 0.294 e. The summed E-state index contributed by atoms with van der Waals surface area (Å²) in [6.45, 7) is 5.05. The normalized spacial score (nSPS) is 16.0. The minimum absolute atomic E-state index is 0.325. The van der Waals surface area contributed by atoms with Crippen molar-refractivity contribution in [2.45, 2.75) is 19.4 Å². The lowest BCUT2D eigenvalue weighted by atomic mass is 10.3. The van der Waals surface area contributed by atoms with Crippen LogP contribution in [0.25, 0.3) is 0 Å². The summed E-state index contributed by atoms with van der Waals surface area (Å²) < 4.78 is 4.28. The van der Waals surface area contributed by atoms with E-state index in [0.717, 1.165) is 37.1 Å². The zero-order chi connectivity index (χ0) is 16.9. The number of aromatic nitrogens is 3. The van der Waals surface area contributed by atoms with Crippen LogP contribution in [0.4, 0.5) is 10.9 Å². The molecule has 0 spiro atoms. The second kappa shape index (κ2) is 7.39. The summed E-state index contributed by atoms with van der Waals surface area (Å²) in [5.41, 5.74) is 0. The fourth-order valence-corrected chi connectivity index (χ4v) is 3.31. The highest BCUT2D eigenvalue weighted by Crippen LogP contribution is 2.21. The molecule has 1 aliphatic rings. The zero-order valence-corrected chi connectivity index (χ0v) is 14.1. The third-order valence-electron chi connectivity index (χ3n) is 3.72. The predicted octanol–water partition coefficient (Wildman–Crippen LogP) is 1.40. The van der Waals surface area contributed by atoms with Gasteiger partial charge < -0.3 is 14.6 Å². The van der Waals surface area contributed by atoms with E-state index in [1.54, 1.807) is 13.1 Å². The minimum Gasteiger partial charge on any atom is -0.353 e. The van der Waals surface area contributed by atoms with Crippen LogP contribution in [0.15, 0.2) is 24.4 Å². The third-order valence-corrected chi connectivity index (χ3v) is 4.53. The molecule has 3 heterocycles. The van der Waals surface area contributed by atoms with Crippen molar-refractivity contribution in [1.29, 1.82) is 0 Å². The summed E-state index contributed by atoms with van der Waals surface area (Å²) in [5, 5.41) is 10.4. The van der Waals surface area contributed by atoms with Gasteiger partial charge in [0.15, 0.2) is 0 Å². The Balaban J connectivity index is 1.54. The number of nitrogens with zero attached hydrogens (tertiary/aromatic N) is 6. The molecule has 0 aromatic carbocycles. The Labute approximate surface area is 143 Å². The Bertz CT molecular complexity index is 674. The summed E-state index contributed by atoms with van der Waals surface area (Å²) in [7, 11) is 0. The summed E-state index contributed by atoms with van der Waals surface area (Å²) in [6.07, 6.45) is 1.57. The first-order chi connectivity index (χ1) is 11.6. The van der Waals surface area contributed by atoms with E-state index in [1.165, 1.54) is 11.5 Å². The monoisotopic (exact) mass is 350 g/mol. The molecule has 2 aromatic heterocycles. The molecule has 0 amide bonds. The summed E-state index contributed by atoms with van der Waals surface area (Å²) in [5.74, 6) is 1.57. The van der Waals surface area contributed by atoms with E-state index in [2.05, 4.69) is 29.0 Å². The first kappa shape index (κ1) is 16.4. The summed E-state index contributed by atoms with van der Waals surface area (Å²) in [4.78, 5) is 28.1. The van der Waals surface area contributed by atoms with Gasteiger partial charge in [-0.2, -0.15) is 4.37 Å². The molecule has 1 saturated heterocycles. The largest absolute Gasteiger partial charge is 0.353 e. The van der Waals surface area contributed by atoms with Crippen LogP contribution in [0.5, 0.6) is 0 Å². The van der Waals surface area contributed by atoms with Crippen LogP contribution in [0.2, 0.25) is 0 Å². The maximum atomic E-state index is 10.3. The van der Waals surface area contributed by atoms with Gasteiger partial charge in [-0.1, -0.05) is 6.07 Å². The molecule has 10 heteroatoms. The topological polar surface area (TPSA) is 97.5 Å². The highest BCUT2D eigenvalue weighted by molar-refractivity contribution is 7.09. The van der Waals surface area contributed by atoms with E-state index in [9.17, 15) is 10.1 Å². The van der Waals surface area contributed by atoms with Crippen molar-refractivity contribution in [1.82, 2.24) is 14.3 Å². The molecule has 2 aromatic rings. The first-order valence-electron chi connectivity index (χ1n) is 7.66. The molecule has 0 bridgehead atoms. The molecular weight excluding hydrogens is 332 g/mol. The summed E-state index contributed by atoms with van der Waals surface area (Å²) >= 11 is 1.32. The number of rotatable bonds is 6. The highest BCUT2D eigenvalue weighted by Gasteiger charge is 2.21. The van der Waals surface area contributed by atoms with E-state index < -0.39 is 11.2 Å². The van der Waals surface area contributed by atoms with Crippen molar-refractivity contribution in [3.63, 3.8) is 0 Å². The SMILES string of the molecule is CC(Cc1nsc(N2CCN(c3ccccn3)CC2)n1)O[N+](=O)[O-]. The quantitative estimate of drug-likeness (QED) is 0.569. The predicted molar refractivity (Wildman–Crippen MR) is 89.8 cm³/mol. The average Bonchev–Trinajstić information content (AvgIpc) is 3.03. The van der Waals surface area contributed by atoms with Crippen LogP contribution in [-0.4, -0.2) is 51.7 Å². The van der Waals surface area contributed by atoms with Crippen LogP contribution in [0, 0.1) is 10.1 Å². The number of hydrogen-bond acceptors (Lipinski definition) is 9. The van der Waals surface area contributed by atoms with Gasteiger partial charge in [-0.15, -0.1) is 10.1 Å². The Hall–Kier alpha value is -2.49. The van der Waals surface area contributed by atoms with E-state index in [4.69, 9.17) is 0 Å². The van der Waals surface area contributed by atoms with Gasteiger partial charge in [-0.3, -0.25) is 0 Å². The molecule has 0 radical (unpaired) electrons. The maximum absolute atomic E-state index is 10.3. The molecule has 3 rings (SSSR count). The lowest BCUT2D eigenvalue weighted by molar-refractivity contribution is -0.767. The third kappa shape index (κ3) is 4.07. The van der Waals surface area contributed by atoms with Crippen molar-refractivity contribution in [3.05, 3.63) is 40.3 Å². The molecule has 1 fully saturated rings. The van der Waals surface area contributed by atoms with Gasteiger partial charge in [0, 0.05) is 50.3 Å². The van der Waals surface area contributed by atoms with Gasteiger partial charge in [0.05, 0.1) is 0 Å². The zero-order valence-electron chi connectivity index (χ0n) is 13.2. The van der Waals surface area contributed by atoms with Crippen LogP contribution in [0.1, 0.15) is 12.7 Å². The van der Waals surface area contributed by atoms with Gasteiger partial charge in [0.1, 0.15) is 17.7 Å². The first-order valence-corrected chi connectivity index (χ1v) is 8.44. The summed E-state index contributed by atoms with van der Waals surface area (Å²) in [6, 6.07) is 5.90. The standard InChI is InChI=1S/C14H18N6O3S/c1-11(23-20(21)22)10-12-16-14(24-17-12)19-8-6-18(7-9-19)13-4-2-3-5-15-13/h2-5,11H,6-10H2,1H3. The molecule has 128 valence electrons. The number of anilines is 2. The van der Waals surface area contributed by atoms with Crippen molar-refractivity contribution in [2.75, 3.05) is 36.0 Å². The van der Waals surface area contributed by atoms with Crippen molar-refractivity contribution >= 4 is 22.5 Å². The lowest BCUT2D eigenvalue weighted by Crippen LogP contribution is -2.46. The van der Waals surface area contributed by atoms with Gasteiger partial charge in [0.25, 0.3) is 5.09 Å². The van der Waals surface area contributed by atoms with Gasteiger partial charge in [-0.05, 0) is 19.1 Å². The van der Waals surface area contributed by atoms with E-state index in [0.29, 0.717) is 12.2 Å². The maximum Gasteiger partial charge on any atom is 0.294 e. The molecule has 1 unspecified atom stereocenters. The van der Waals surface area contributed by atoms with Gasteiger partial charge >= 0.3 is 0 Å². The Morgan fingerprint density at radius 1 is 1.33 bits per heavy atom. The Morgan fingerprint density at radius 3 is 2.75 bits per heavy atom. The average molecular weight is 350 g/mol. The number of pyridine rings is 1. The van der Waals surface area contributed by atoms with E-state index in [1.807, 2.05) is 18.2 Å². The molecular formula is C14H18N6O3S. The van der Waals surface area contributed by atoms with Crippen LogP contribution < -0.4 is 9.80 Å². The molecule has 1 atom stereocenters. The highest BCUT2D eigenvalue weighted by atomic mass is 32.1. The molecule has 9 nitrogen and oxygen atoms in total. The molecule has 0 aliphatic carbocycles. The Kier molecular flexibility index (Phi) is 5.04. The number of piperazine rings is 1. The Morgan fingerprint density at radius 2 is 2.08 bits per heavy atom. The van der Waals surface area contributed by atoms with Crippen LogP contribution >= 0.6 is 11.5 Å². The molecule has 0 N–H and O–H groups in total. The van der Waals surface area contributed by atoms with Crippen molar-refractivity contribution < 1.29 is 9.92 Å². The van der Waals surface area contributed by atoms with E-state index in [-0.39, 0.29) is 0 Å². The van der Waals surface area contributed by atoms with Crippen LogP contribution in [-0.2, 0) is 11.3 Å². The van der Waals surface area contributed by atoms with Crippen LogP contribution in [0.3, 0.4) is 0 Å². The van der Waals surface area contributed by atoms with Crippen molar-refractivity contribution in [3.8, 4) is 0 Å². The second-order valence-corrected chi connectivity index (χ2v) is 6.23. The molecule has 0 saturated carbocycles. The second-order valence-electron chi connectivity index (χ2n) is 5.50. The fourth-order valence-electron chi connectivity index (χ4n) is 2.57. The van der Waals surface area contributed by atoms with Gasteiger partial charge in [-0.25, -0.2) is 9.97 Å². The minimum atomic E-state index is -0.783. The fraction of sp³-hybridized carbons (Fsp3) is 0.500. The number of hydrogen-bond donors (Lipinski definition) is 0. The van der Waals surface area contributed by atoms with Gasteiger partial charge in [0.2, 0.25) is 5.13 Å². The lowest BCUT2D eigenvalue weighted by Gasteiger charge is -2.34. The molecule has 1 aliphatic heterocycles. The molecule has 24 heavy (non-hydrogen) atoms. The van der Waals surface area contributed by atoms with E-state index >= 15 is 0 Å².